The number of piperazine rings is 1. The zero-order valence-corrected chi connectivity index (χ0v) is 17.8. The lowest BCUT2D eigenvalue weighted by Gasteiger charge is -2.33. The van der Waals surface area contributed by atoms with E-state index in [0.717, 1.165) is 37.6 Å². The van der Waals surface area contributed by atoms with Crippen molar-refractivity contribution >= 4 is 23.3 Å². The minimum Gasteiger partial charge on any atom is -0.354 e. The zero-order chi connectivity index (χ0) is 21.1. The molecule has 4 rings (SSSR count). The van der Waals surface area contributed by atoms with Gasteiger partial charge in [0.15, 0.2) is 5.69 Å². The number of hydrogen-bond acceptors (Lipinski definition) is 6. The van der Waals surface area contributed by atoms with E-state index in [1.807, 2.05) is 24.3 Å². The van der Waals surface area contributed by atoms with Crippen molar-refractivity contribution in [3.8, 4) is 5.69 Å². The Morgan fingerprint density at radius 1 is 1.13 bits per heavy atom. The van der Waals surface area contributed by atoms with Crippen molar-refractivity contribution in [2.75, 3.05) is 38.1 Å². The van der Waals surface area contributed by atoms with Crippen LogP contribution >= 0.6 is 11.6 Å². The van der Waals surface area contributed by atoms with Crippen molar-refractivity contribution in [1.29, 1.82) is 0 Å². The van der Waals surface area contributed by atoms with Gasteiger partial charge in [-0.25, -0.2) is 4.98 Å². The molecular formula is C21H24ClN7O. The molecule has 0 saturated carbocycles. The molecule has 1 aliphatic heterocycles. The van der Waals surface area contributed by atoms with Crippen LogP contribution in [0.1, 0.15) is 21.7 Å². The highest BCUT2D eigenvalue weighted by atomic mass is 35.5. The van der Waals surface area contributed by atoms with Gasteiger partial charge >= 0.3 is 0 Å². The molecule has 0 aliphatic carbocycles. The van der Waals surface area contributed by atoms with Crippen LogP contribution in [-0.2, 0) is 6.54 Å². The molecule has 0 spiro atoms. The zero-order valence-electron chi connectivity index (χ0n) is 17.0. The summed E-state index contributed by atoms with van der Waals surface area (Å²) in [6, 6.07) is 11.1. The van der Waals surface area contributed by atoms with Crippen molar-refractivity contribution < 1.29 is 4.79 Å². The molecular weight excluding hydrogens is 402 g/mol. The first kappa shape index (κ1) is 20.3. The van der Waals surface area contributed by atoms with Gasteiger partial charge in [0.2, 0.25) is 0 Å². The van der Waals surface area contributed by atoms with Crippen LogP contribution in [0, 0.1) is 6.92 Å². The van der Waals surface area contributed by atoms with E-state index in [9.17, 15) is 4.79 Å². The standard InChI is InChI=1S/C21H24ClN7O/c1-15-20(26-29(25-15)18-5-3-4-17(22)13-18)21(30)24-14-16-6-7-23-19(12-16)28-10-8-27(2)9-11-28/h3-7,12-13H,8-11,14H2,1-2H3,(H,24,30). The second-order valence-electron chi connectivity index (χ2n) is 7.40. The normalized spacial score (nSPS) is 14.7. The summed E-state index contributed by atoms with van der Waals surface area (Å²) in [7, 11) is 2.13. The summed E-state index contributed by atoms with van der Waals surface area (Å²) >= 11 is 6.04. The maximum absolute atomic E-state index is 12.7. The second-order valence-corrected chi connectivity index (χ2v) is 7.84. The van der Waals surface area contributed by atoms with Gasteiger partial charge in [0.1, 0.15) is 5.82 Å². The molecule has 0 radical (unpaired) electrons. The maximum Gasteiger partial charge on any atom is 0.274 e. The molecule has 0 unspecified atom stereocenters. The van der Waals surface area contributed by atoms with E-state index in [-0.39, 0.29) is 5.91 Å². The first-order valence-electron chi connectivity index (χ1n) is 9.86. The first-order valence-corrected chi connectivity index (χ1v) is 10.2. The Hall–Kier alpha value is -2.97. The predicted octanol–water partition coefficient (Wildman–Crippen LogP) is 2.31. The van der Waals surface area contributed by atoms with Crippen LogP contribution in [0.4, 0.5) is 5.82 Å². The number of pyridine rings is 1. The number of halogens is 1. The second kappa shape index (κ2) is 8.81. The predicted molar refractivity (Wildman–Crippen MR) is 116 cm³/mol. The third kappa shape index (κ3) is 4.60. The summed E-state index contributed by atoms with van der Waals surface area (Å²) in [5.74, 6) is 0.677. The van der Waals surface area contributed by atoms with E-state index in [1.165, 1.54) is 4.80 Å². The molecule has 2 aromatic heterocycles. The number of nitrogens with one attached hydrogen (secondary N) is 1. The summed E-state index contributed by atoms with van der Waals surface area (Å²) in [5, 5.41) is 12.2. The number of hydrogen-bond donors (Lipinski definition) is 1. The molecule has 1 amide bonds. The number of rotatable bonds is 5. The van der Waals surface area contributed by atoms with Gasteiger partial charge in [0.05, 0.1) is 11.4 Å². The van der Waals surface area contributed by atoms with Gasteiger partial charge in [-0.3, -0.25) is 4.79 Å². The Morgan fingerprint density at radius 2 is 1.93 bits per heavy atom. The molecule has 3 aromatic rings. The average Bonchev–Trinajstić information content (AvgIpc) is 3.14. The first-order chi connectivity index (χ1) is 14.5. The van der Waals surface area contributed by atoms with Crippen LogP contribution in [0.15, 0.2) is 42.6 Å². The van der Waals surface area contributed by atoms with Gasteiger partial charge in [0, 0.05) is 43.9 Å². The number of likely N-dealkylation sites (N-methyl/N-ethyl adjacent to an activating group) is 1. The number of aryl methyl sites for hydroxylation is 1. The van der Waals surface area contributed by atoms with Crippen molar-refractivity contribution in [2.24, 2.45) is 0 Å². The van der Waals surface area contributed by atoms with Gasteiger partial charge in [-0.05, 0) is 49.9 Å². The Balaban J connectivity index is 1.42. The molecule has 0 atom stereocenters. The number of benzene rings is 1. The Bertz CT molecular complexity index is 1040. The van der Waals surface area contributed by atoms with Crippen LogP contribution in [0.5, 0.6) is 0 Å². The van der Waals surface area contributed by atoms with E-state index in [1.54, 1.807) is 25.3 Å². The third-order valence-corrected chi connectivity index (χ3v) is 5.36. The number of nitrogens with zero attached hydrogens (tertiary/aromatic N) is 6. The van der Waals surface area contributed by atoms with Gasteiger partial charge < -0.3 is 15.1 Å². The maximum atomic E-state index is 12.7. The Labute approximate surface area is 180 Å². The topological polar surface area (TPSA) is 79.2 Å². The molecule has 1 aromatic carbocycles. The average molecular weight is 426 g/mol. The summed E-state index contributed by atoms with van der Waals surface area (Å²) in [5.41, 5.74) is 2.55. The number of carbonyl (C=O) groups is 1. The largest absolute Gasteiger partial charge is 0.354 e. The van der Waals surface area contributed by atoms with Crippen LogP contribution < -0.4 is 10.2 Å². The molecule has 3 heterocycles. The SMILES string of the molecule is Cc1nn(-c2cccc(Cl)c2)nc1C(=O)NCc1ccnc(N2CCN(C)CC2)c1. The minimum atomic E-state index is -0.265. The minimum absolute atomic E-state index is 0.265. The van der Waals surface area contributed by atoms with E-state index in [0.29, 0.717) is 28.6 Å². The summed E-state index contributed by atoms with van der Waals surface area (Å²) in [6.07, 6.45) is 1.79. The number of amides is 1. The molecule has 1 N–H and O–H groups in total. The molecule has 156 valence electrons. The van der Waals surface area contributed by atoms with E-state index >= 15 is 0 Å². The summed E-state index contributed by atoms with van der Waals surface area (Å²) in [4.78, 5) is 23.2. The van der Waals surface area contributed by atoms with Crippen LogP contribution in [0.25, 0.3) is 5.69 Å². The van der Waals surface area contributed by atoms with Crippen LogP contribution in [-0.4, -0.2) is 64.0 Å². The lowest BCUT2D eigenvalue weighted by molar-refractivity contribution is 0.0945. The fraction of sp³-hybridized carbons (Fsp3) is 0.333. The molecule has 1 aliphatic rings. The molecule has 1 saturated heterocycles. The van der Waals surface area contributed by atoms with E-state index < -0.39 is 0 Å². The monoisotopic (exact) mass is 425 g/mol. The lowest BCUT2D eigenvalue weighted by atomic mass is 10.2. The Kier molecular flexibility index (Phi) is 5.96. The summed E-state index contributed by atoms with van der Waals surface area (Å²) in [6.45, 7) is 6.09. The van der Waals surface area contributed by atoms with Crippen molar-refractivity contribution in [2.45, 2.75) is 13.5 Å². The van der Waals surface area contributed by atoms with Gasteiger partial charge in [-0.1, -0.05) is 17.7 Å². The lowest BCUT2D eigenvalue weighted by Crippen LogP contribution is -2.44. The number of carbonyl (C=O) groups excluding carboxylic acids is 1. The van der Waals surface area contributed by atoms with Gasteiger partial charge in [0.25, 0.3) is 5.91 Å². The Morgan fingerprint density at radius 3 is 2.70 bits per heavy atom. The number of anilines is 1. The van der Waals surface area contributed by atoms with Crippen molar-refractivity contribution in [1.82, 2.24) is 30.2 Å². The highest BCUT2D eigenvalue weighted by Crippen LogP contribution is 2.16. The fourth-order valence-corrected chi connectivity index (χ4v) is 3.53. The fourth-order valence-electron chi connectivity index (χ4n) is 3.35. The third-order valence-electron chi connectivity index (χ3n) is 5.13. The van der Waals surface area contributed by atoms with Gasteiger partial charge in [-0.2, -0.15) is 9.90 Å². The smallest absolute Gasteiger partial charge is 0.274 e. The highest BCUT2D eigenvalue weighted by Gasteiger charge is 2.18. The molecule has 30 heavy (non-hydrogen) atoms. The molecule has 9 heteroatoms. The molecule has 0 bridgehead atoms. The van der Waals surface area contributed by atoms with Gasteiger partial charge in [-0.15, -0.1) is 5.10 Å². The van der Waals surface area contributed by atoms with Crippen molar-refractivity contribution in [3.63, 3.8) is 0 Å². The van der Waals surface area contributed by atoms with E-state index in [4.69, 9.17) is 11.6 Å². The van der Waals surface area contributed by atoms with Crippen LogP contribution in [0.2, 0.25) is 5.02 Å². The highest BCUT2D eigenvalue weighted by molar-refractivity contribution is 6.30. The molecule has 1 fully saturated rings. The quantitative estimate of drug-likeness (QED) is 0.675. The van der Waals surface area contributed by atoms with Crippen molar-refractivity contribution in [3.05, 3.63) is 64.6 Å². The summed E-state index contributed by atoms with van der Waals surface area (Å²) < 4.78 is 0. The van der Waals surface area contributed by atoms with Crippen LogP contribution in [0.3, 0.4) is 0 Å². The number of aromatic nitrogens is 4. The van der Waals surface area contributed by atoms with E-state index in [2.05, 4.69) is 37.3 Å². The molecule has 8 nitrogen and oxygen atoms in total.